The van der Waals surface area contributed by atoms with Gasteiger partial charge < -0.3 is 9.88 Å². The van der Waals surface area contributed by atoms with Crippen LogP contribution in [-0.4, -0.2) is 36.0 Å². The van der Waals surface area contributed by atoms with Gasteiger partial charge in [0.1, 0.15) is 5.82 Å². The third-order valence-corrected chi connectivity index (χ3v) is 4.62. The summed E-state index contributed by atoms with van der Waals surface area (Å²) < 4.78 is 28.1. The lowest BCUT2D eigenvalue weighted by Crippen LogP contribution is -2.29. The molecule has 0 radical (unpaired) electrons. The zero-order valence-electron chi connectivity index (χ0n) is 12.6. The number of nitrogens with zero attached hydrogens (tertiary/aromatic N) is 3. The lowest BCUT2D eigenvalue weighted by atomic mass is 10.2. The average Bonchev–Trinajstić information content (AvgIpc) is 2.99. The van der Waals surface area contributed by atoms with E-state index in [1.807, 2.05) is 36.4 Å². The first-order valence-electron chi connectivity index (χ1n) is 7.12. The summed E-state index contributed by atoms with van der Waals surface area (Å²) in [5, 5.41) is 4.18. The van der Waals surface area contributed by atoms with E-state index in [0.717, 1.165) is 10.9 Å². The molecule has 0 saturated heterocycles. The fourth-order valence-corrected chi connectivity index (χ4v) is 3.15. The SMILES string of the molecule is Cn1cnc(S(=O)(=O)NCCNc2ccc3ccccc3n2)c1. The number of hydrogen-bond donors (Lipinski definition) is 2. The van der Waals surface area contributed by atoms with Gasteiger partial charge in [-0.15, -0.1) is 0 Å². The summed E-state index contributed by atoms with van der Waals surface area (Å²) in [6.45, 7) is 0.671. The van der Waals surface area contributed by atoms with E-state index in [-0.39, 0.29) is 11.6 Å². The maximum absolute atomic E-state index is 12.0. The molecule has 8 heteroatoms. The monoisotopic (exact) mass is 331 g/mol. The first-order valence-corrected chi connectivity index (χ1v) is 8.60. The molecule has 0 spiro atoms. The number of fused-ring (bicyclic) bond motifs is 1. The molecule has 0 amide bonds. The van der Waals surface area contributed by atoms with Gasteiger partial charge in [-0.1, -0.05) is 18.2 Å². The van der Waals surface area contributed by atoms with Crippen LogP contribution in [0.2, 0.25) is 0 Å². The lowest BCUT2D eigenvalue weighted by Gasteiger charge is -2.07. The molecule has 2 N–H and O–H groups in total. The quantitative estimate of drug-likeness (QED) is 0.666. The van der Waals surface area contributed by atoms with Crippen LogP contribution in [0, 0.1) is 0 Å². The number of aryl methyl sites for hydroxylation is 1. The number of nitrogens with one attached hydrogen (secondary N) is 2. The molecule has 3 rings (SSSR count). The van der Waals surface area contributed by atoms with Crippen molar-refractivity contribution in [3.05, 3.63) is 48.9 Å². The minimum atomic E-state index is -3.57. The minimum Gasteiger partial charge on any atom is -0.369 e. The molecule has 0 aliphatic heterocycles. The van der Waals surface area contributed by atoms with Crippen LogP contribution >= 0.6 is 0 Å². The van der Waals surface area contributed by atoms with E-state index >= 15 is 0 Å². The molecule has 0 aliphatic rings. The second-order valence-corrected chi connectivity index (χ2v) is 6.80. The van der Waals surface area contributed by atoms with Gasteiger partial charge in [0, 0.05) is 31.7 Å². The van der Waals surface area contributed by atoms with Gasteiger partial charge in [-0.05, 0) is 18.2 Å². The highest BCUT2D eigenvalue weighted by molar-refractivity contribution is 7.89. The normalized spacial score (nSPS) is 11.7. The molecule has 7 nitrogen and oxygen atoms in total. The summed E-state index contributed by atoms with van der Waals surface area (Å²) in [6.07, 6.45) is 2.91. The summed E-state index contributed by atoms with van der Waals surface area (Å²) in [5.41, 5.74) is 0.895. The highest BCUT2D eigenvalue weighted by Crippen LogP contribution is 2.14. The van der Waals surface area contributed by atoms with Gasteiger partial charge in [0.2, 0.25) is 0 Å². The van der Waals surface area contributed by atoms with E-state index in [1.54, 1.807) is 11.6 Å². The Bertz CT molecular complexity index is 920. The molecule has 0 aliphatic carbocycles. The molecule has 0 bridgehead atoms. The Morgan fingerprint density at radius 3 is 2.74 bits per heavy atom. The second kappa shape index (κ2) is 6.35. The number of anilines is 1. The number of aromatic nitrogens is 3. The summed E-state index contributed by atoms with van der Waals surface area (Å²) in [4.78, 5) is 8.30. The molecule has 3 aromatic rings. The molecular weight excluding hydrogens is 314 g/mol. The van der Waals surface area contributed by atoms with Crippen molar-refractivity contribution >= 4 is 26.7 Å². The molecule has 2 aromatic heterocycles. The average molecular weight is 331 g/mol. The predicted molar refractivity (Wildman–Crippen MR) is 88.6 cm³/mol. The molecule has 1 aromatic carbocycles. The van der Waals surface area contributed by atoms with Crippen molar-refractivity contribution in [3.8, 4) is 0 Å². The zero-order chi connectivity index (χ0) is 16.3. The predicted octanol–water partition coefficient (Wildman–Crippen LogP) is 1.36. The standard InChI is InChI=1S/C15H17N5O2S/c1-20-10-15(17-11-20)23(21,22)18-9-8-16-14-7-6-12-4-2-3-5-13(12)19-14/h2-7,10-11,18H,8-9H2,1H3,(H,16,19). The first kappa shape index (κ1) is 15.4. The number of sulfonamides is 1. The van der Waals surface area contributed by atoms with Crippen molar-refractivity contribution in [1.29, 1.82) is 0 Å². The van der Waals surface area contributed by atoms with Crippen LogP contribution in [-0.2, 0) is 17.1 Å². The van der Waals surface area contributed by atoms with Crippen molar-refractivity contribution in [3.63, 3.8) is 0 Å². The van der Waals surface area contributed by atoms with Crippen LogP contribution in [0.4, 0.5) is 5.82 Å². The fourth-order valence-electron chi connectivity index (χ4n) is 2.14. The molecule has 2 heterocycles. The molecule has 0 unspecified atom stereocenters. The van der Waals surface area contributed by atoms with Gasteiger partial charge in [-0.3, -0.25) is 0 Å². The molecule has 0 atom stereocenters. The van der Waals surface area contributed by atoms with Gasteiger partial charge in [0.25, 0.3) is 10.0 Å². The third kappa shape index (κ3) is 3.66. The van der Waals surface area contributed by atoms with Crippen molar-refractivity contribution in [2.75, 3.05) is 18.4 Å². The third-order valence-electron chi connectivity index (χ3n) is 3.28. The Balaban J connectivity index is 1.56. The number of imidazole rings is 1. The summed E-state index contributed by atoms with van der Waals surface area (Å²) in [5.74, 6) is 0.709. The molecule has 0 fully saturated rings. The van der Waals surface area contributed by atoms with Crippen LogP contribution in [0.25, 0.3) is 10.9 Å². The topological polar surface area (TPSA) is 88.9 Å². The maximum atomic E-state index is 12.0. The number of para-hydroxylation sites is 1. The Kier molecular flexibility index (Phi) is 4.26. The molecule has 23 heavy (non-hydrogen) atoms. The zero-order valence-corrected chi connectivity index (χ0v) is 13.4. The van der Waals surface area contributed by atoms with Crippen molar-refractivity contribution in [2.45, 2.75) is 5.03 Å². The summed E-state index contributed by atoms with van der Waals surface area (Å²) in [6, 6.07) is 11.7. The number of rotatable bonds is 6. The van der Waals surface area contributed by atoms with E-state index < -0.39 is 10.0 Å². The number of pyridine rings is 1. The van der Waals surface area contributed by atoms with Crippen LogP contribution < -0.4 is 10.0 Å². The number of hydrogen-bond acceptors (Lipinski definition) is 5. The van der Waals surface area contributed by atoms with E-state index in [1.165, 1.54) is 12.5 Å². The Labute approximate surface area is 134 Å². The lowest BCUT2D eigenvalue weighted by molar-refractivity contribution is 0.579. The van der Waals surface area contributed by atoms with Crippen LogP contribution in [0.1, 0.15) is 0 Å². The van der Waals surface area contributed by atoms with E-state index in [9.17, 15) is 8.42 Å². The van der Waals surface area contributed by atoms with Crippen molar-refractivity contribution in [2.24, 2.45) is 7.05 Å². The van der Waals surface area contributed by atoms with E-state index in [0.29, 0.717) is 12.4 Å². The maximum Gasteiger partial charge on any atom is 0.259 e. The van der Waals surface area contributed by atoms with Crippen LogP contribution in [0.15, 0.2) is 53.9 Å². The number of benzene rings is 1. The molecular formula is C15H17N5O2S. The largest absolute Gasteiger partial charge is 0.369 e. The van der Waals surface area contributed by atoms with Gasteiger partial charge >= 0.3 is 0 Å². The van der Waals surface area contributed by atoms with Crippen molar-refractivity contribution in [1.82, 2.24) is 19.3 Å². The van der Waals surface area contributed by atoms with E-state index in [4.69, 9.17) is 0 Å². The first-order chi connectivity index (χ1) is 11.0. The van der Waals surface area contributed by atoms with Gasteiger partial charge in [-0.2, -0.15) is 0 Å². The fraction of sp³-hybridized carbons (Fsp3) is 0.200. The Morgan fingerprint density at radius 1 is 1.13 bits per heavy atom. The van der Waals surface area contributed by atoms with E-state index in [2.05, 4.69) is 20.0 Å². The highest BCUT2D eigenvalue weighted by Gasteiger charge is 2.15. The Hall–Kier alpha value is -2.45. The van der Waals surface area contributed by atoms with Gasteiger partial charge in [-0.25, -0.2) is 23.1 Å². The van der Waals surface area contributed by atoms with Gasteiger partial charge in [0.15, 0.2) is 5.03 Å². The second-order valence-electron chi connectivity index (χ2n) is 5.09. The summed E-state index contributed by atoms with van der Waals surface area (Å²) in [7, 11) is -1.85. The Morgan fingerprint density at radius 2 is 1.96 bits per heavy atom. The van der Waals surface area contributed by atoms with Crippen molar-refractivity contribution < 1.29 is 8.42 Å². The highest BCUT2D eigenvalue weighted by atomic mass is 32.2. The summed E-state index contributed by atoms with van der Waals surface area (Å²) >= 11 is 0. The molecule has 0 saturated carbocycles. The molecule has 120 valence electrons. The van der Waals surface area contributed by atoms with Gasteiger partial charge in [0.05, 0.1) is 11.8 Å². The van der Waals surface area contributed by atoms with Crippen LogP contribution in [0.5, 0.6) is 0 Å². The smallest absolute Gasteiger partial charge is 0.259 e. The van der Waals surface area contributed by atoms with Crippen LogP contribution in [0.3, 0.4) is 0 Å². The minimum absolute atomic E-state index is 0.0174.